The fourth-order valence-electron chi connectivity index (χ4n) is 3.15. The van der Waals surface area contributed by atoms with Gasteiger partial charge in [-0.1, -0.05) is 12.1 Å². The lowest BCUT2D eigenvalue weighted by Crippen LogP contribution is -2.42. The van der Waals surface area contributed by atoms with E-state index in [0.29, 0.717) is 23.9 Å². The number of amides is 1. The average molecular weight is 444 g/mol. The minimum absolute atomic E-state index is 0.0166. The lowest BCUT2D eigenvalue weighted by Gasteiger charge is -2.13. The van der Waals surface area contributed by atoms with Gasteiger partial charge in [-0.15, -0.1) is 0 Å². The maximum absolute atomic E-state index is 12.4. The van der Waals surface area contributed by atoms with E-state index in [1.807, 2.05) is 24.3 Å². The molecule has 0 bridgehead atoms. The van der Waals surface area contributed by atoms with Crippen molar-refractivity contribution in [3.63, 3.8) is 0 Å². The highest BCUT2D eigenvalue weighted by Gasteiger charge is 2.21. The average Bonchev–Trinajstić information content (AvgIpc) is 3.22. The highest BCUT2D eigenvalue weighted by molar-refractivity contribution is 6.07. The van der Waals surface area contributed by atoms with E-state index >= 15 is 0 Å². The lowest BCUT2D eigenvalue weighted by atomic mass is 10.0. The molecular weight excluding hydrogens is 414 g/mol. The summed E-state index contributed by atoms with van der Waals surface area (Å²) in [7, 11) is 0. The van der Waals surface area contributed by atoms with Crippen molar-refractivity contribution in [2.45, 2.75) is 38.3 Å². The van der Waals surface area contributed by atoms with Crippen LogP contribution in [-0.4, -0.2) is 64.0 Å². The molecule has 1 aromatic heterocycles. The molecule has 0 radical (unpaired) electrons. The molecule has 11 nitrogen and oxygen atoms in total. The molecule has 0 spiro atoms. The van der Waals surface area contributed by atoms with Gasteiger partial charge in [0.05, 0.1) is 18.8 Å². The number of aromatic nitrogens is 2. The van der Waals surface area contributed by atoms with Gasteiger partial charge in [0, 0.05) is 6.04 Å². The summed E-state index contributed by atoms with van der Waals surface area (Å²) in [6, 6.07) is 7.77. The number of ether oxygens (including phenoxy) is 1. The van der Waals surface area contributed by atoms with Crippen molar-refractivity contribution >= 4 is 23.5 Å². The number of nitrogens with two attached hydrogens (primary N) is 2. The third-order valence-corrected chi connectivity index (χ3v) is 4.99. The predicted octanol–water partition coefficient (Wildman–Crippen LogP) is -0.238. The minimum atomic E-state index is -0.883. The number of hydrogen-bond acceptors (Lipinski definition) is 10. The lowest BCUT2D eigenvalue weighted by molar-refractivity contribution is 0.0536. The Kier molecular flexibility index (Phi) is 7.79. The van der Waals surface area contributed by atoms with E-state index in [2.05, 4.69) is 25.6 Å². The molecule has 172 valence electrons. The van der Waals surface area contributed by atoms with Gasteiger partial charge >= 0.3 is 0 Å². The Morgan fingerprint density at radius 3 is 2.75 bits per heavy atom. The number of carbonyl (C=O) groups is 1. The summed E-state index contributed by atoms with van der Waals surface area (Å²) in [6.07, 6.45) is 1.82. The number of aryl methyl sites for hydroxylation is 2. The largest absolute Gasteiger partial charge is 0.491 e. The van der Waals surface area contributed by atoms with Gasteiger partial charge < -0.3 is 31.7 Å². The number of carbonyl (C=O) groups excluding carboxylic acids is 1. The van der Waals surface area contributed by atoms with Gasteiger partial charge in [-0.25, -0.2) is 9.97 Å². The summed E-state index contributed by atoms with van der Waals surface area (Å²) in [5.41, 5.74) is 13.0. The summed E-state index contributed by atoms with van der Waals surface area (Å²) in [4.78, 5) is 24.8. The molecule has 0 fully saturated rings. The van der Waals surface area contributed by atoms with E-state index in [1.165, 1.54) is 5.56 Å². The third kappa shape index (κ3) is 6.28. The standard InChI is InChI=1S/C21H29N7O4/c1-12-18(22)27-19(23)17(25-12)20(31)28-21-24-9-14(26-21)4-2-3-13-5-7-16(8-6-13)32-11-15(30)10-29/h5-8,14-15,29-30H,2-4,9-11H2,1H3,(H4,22,23,27)(H2,24,26,28,31)/t14-,15+/m0/s1. The van der Waals surface area contributed by atoms with Gasteiger partial charge in [0.25, 0.3) is 5.91 Å². The maximum atomic E-state index is 12.4. The van der Waals surface area contributed by atoms with E-state index in [9.17, 15) is 9.90 Å². The summed E-state index contributed by atoms with van der Waals surface area (Å²) in [6.45, 7) is 1.95. The first-order valence-corrected chi connectivity index (χ1v) is 10.4. The quantitative estimate of drug-likeness (QED) is 0.305. The summed E-state index contributed by atoms with van der Waals surface area (Å²) in [5, 5.41) is 24.0. The van der Waals surface area contributed by atoms with Crippen molar-refractivity contribution in [1.29, 1.82) is 0 Å². The zero-order valence-corrected chi connectivity index (χ0v) is 17.9. The fourth-order valence-corrected chi connectivity index (χ4v) is 3.15. The highest BCUT2D eigenvalue weighted by Crippen LogP contribution is 2.16. The molecule has 2 aromatic rings. The van der Waals surface area contributed by atoms with Crippen LogP contribution in [0.15, 0.2) is 29.3 Å². The molecule has 8 N–H and O–H groups in total. The second kappa shape index (κ2) is 10.7. The molecule has 0 saturated carbocycles. The van der Waals surface area contributed by atoms with Gasteiger partial charge in [-0.2, -0.15) is 0 Å². The number of benzene rings is 1. The zero-order chi connectivity index (χ0) is 23.1. The second-order valence-corrected chi connectivity index (χ2v) is 7.60. The molecule has 1 aromatic carbocycles. The number of guanidine groups is 1. The Labute approximate surface area is 185 Å². The van der Waals surface area contributed by atoms with Crippen molar-refractivity contribution in [1.82, 2.24) is 20.6 Å². The number of aliphatic imine (C=N–C) groups is 1. The number of hydrogen-bond donors (Lipinski definition) is 6. The van der Waals surface area contributed by atoms with Crippen LogP contribution in [0, 0.1) is 6.92 Å². The molecular formula is C21H29N7O4. The summed E-state index contributed by atoms with van der Waals surface area (Å²) >= 11 is 0. The number of anilines is 2. The van der Waals surface area contributed by atoms with Crippen molar-refractivity contribution in [3.05, 3.63) is 41.2 Å². The monoisotopic (exact) mass is 443 g/mol. The van der Waals surface area contributed by atoms with Crippen LogP contribution in [0.5, 0.6) is 5.75 Å². The van der Waals surface area contributed by atoms with Crippen LogP contribution in [0.25, 0.3) is 0 Å². The highest BCUT2D eigenvalue weighted by atomic mass is 16.5. The van der Waals surface area contributed by atoms with Crippen LogP contribution in [-0.2, 0) is 6.42 Å². The topological polar surface area (TPSA) is 181 Å². The van der Waals surface area contributed by atoms with Crippen LogP contribution in [0.1, 0.15) is 34.6 Å². The molecule has 11 heteroatoms. The van der Waals surface area contributed by atoms with Gasteiger partial charge in [-0.05, 0) is 43.9 Å². The first-order chi connectivity index (χ1) is 15.4. The van der Waals surface area contributed by atoms with Crippen LogP contribution < -0.4 is 26.8 Å². The van der Waals surface area contributed by atoms with E-state index in [-0.39, 0.29) is 36.6 Å². The Bertz CT molecular complexity index is 965. The van der Waals surface area contributed by atoms with Crippen LogP contribution in [0.2, 0.25) is 0 Å². The smallest absolute Gasteiger partial charge is 0.280 e. The van der Waals surface area contributed by atoms with Crippen molar-refractivity contribution < 1.29 is 19.7 Å². The maximum Gasteiger partial charge on any atom is 0.280 e. The van der Waals surface area contributed by atoms with E-state index in [1.54, 1.807) is 6.92 Å². The molecule has 0 unspecified atom stereocenters. The zero-order valence-electron chi connectivity index (χ0n) is 17.9. The molecule has 0 aliphatic carbocycles. The number of aliphatic hydroxyl groups is 2. The molecule has 32 heavy (non-hydrogen) atoms. The van der Waals surface area contributed by atoms with Crippen molar-refractivity contribution in [2.24, 2.45) is 4.99 Å². The Morgan fingerprint density at radius 2 is 2.03 bits per heavy atom. The molecule has 1 aliphatic rings. The third-order valence-electron chi connectivity index (χ3n) is 4.99. The summed E-state index contributed by atoms with van der Waals surface area (Å²) in [5.74, 6) is 0.718. The van der Waals surface area contributed by atoms with Gasteiger partial charge in [0.2, 0.25) is 0 Å². The molecule has 2 atom stereocenters. The Balaban J connectivity index is 1.40. The molecule has 2 heterocycles. The summed E-state index contributed by atoms with van der Waals surface area (Å²) < 4.78 is 5.40. The molecule has 1 aliphatic heterocycles. The van der Waals surface area contributed by atoms with Crippen molar-refractivity contribution in [2.75, 3.05) is 31.2 Å². The van der Waals surface area contributed by atoms with E-state index in [0.717, 1.165) is 19.3 Å². The normalized spacial score (nSPS) is 16.2. The minimum Gasteiger partial charge on any atom is -0.491 e. The predicted molar refractivity (Wildman–Crippen MR) is 120 cm³/mol. The molecule has 1 amide bonds. The van der Waals surface area contributed by atoms with Gasteiger partial charge in [0.1, 0.15) is 24.3 Å². The fraction of sp³-hybridized carbons (Fsp3) is 0.429. The van der Waals surface area contributed by atoms with Crippen molar-refractivity contribution in [3.8, 4) is 5.75 Å². The van der Waals surface area contributed by atoms with E-state index in [4.69, 9.17) is 21.3 Å². The van der Waals surface area contributed by atoms with Crippen LogP contribution >= 0.6 is 0 Å². The number of rotatable bonds is 9. The Hall–Kier alpha value is -3.44. The van der Waals surface area contributed by atoms with Gasteiger partial charge in [-0.3, -0.25) is 15.1 Å². The first kappa shape index (κ1) is 23.2. The second-order valence-electron chi connectivity index (χ2n) is 7.60. The number of nitrogen functional groups attached to an aromatic ring is 2. The van der Waals surface area contributed by atoms with Gasteiger partial charge in [0.15, 0.2) is 17.5 Å². The number of nitrogens with one attached hydrogen (secondary N) is 2. The van der Waals surface area contributed by atoms with Crippen LogP contribution in [0.4, 0.5) is 11.6 Å². The molecule has 3 rings (SSSR count). The molecule has 0 saturated heterocycles. The van der Waals surface area contributed by atoms with Crippen LogP contribution in [0.3, 0.4) is 0 Å². The van der Waals surface area contributed by atoms with E-state index < -0.39 is 12.0 Å². The first-order valence-electron chi connectivity index (χ1n) is 10.4. The Morgan fingerprint density at radius 1 is 1.28 bits per heavy atom. The SMILES string of the molecule is Cc1nc(C(=O)NC2=NC[C@H](CCCc3ccc(OC[C@H](O)CO)cc3)N2)c(N)nc1N. The number of aliphatic hydroxyl groups excluding tert-OH is 2. The number of nitrogens with zero attached hydrogens (tertiary/aromatic N) is 3.